The predicted octanol–water partition coefficient (Wildman–Crippen LogP) is 2.24. The van der Waals surface area contributed by atoms with Crippen LogP contribution in [0.15, 0.2) is 29.4 Å². The van der Waals surface area contributed by atoms with Gasteiger partial charge in [-0.25, -0.2) is 5.01 Å². The van der Waals surface area contributed by atoms with E-state index in [0.29, 0.717) is 23.2 Å². The summed E-state index contributed by atoms with van der Waals surface area (Å²) in [5.74, 6) is 3.18. The van der Waals surface area contributed by atoms with Crippen molar-refractivity contribution in [1.29, 1.82) is 0 Å². The van der Waals surface area contributed by atoms with E-state index < -0.39 is 0 Å². The maximum Gasteiger partial charge on any atom is 0.257 e. The van der Waals surface area contributed by atoms with E-state index in [4.69, 9.17) is 4.74 Å². The molecule has 0 radical (unpaired) electrons. The molecule has 3 aromatic rings. The van der Waals surface area contributed by atoms with Crippen LogP contribution in [0.1, 0.15) is 22.6 Å². The normalized spacial score (nSPS) is 13.7. The molecule has 0 bridgehead atoms. The molecule has 0 saturated carbocycles. The summed E-state index contributed by atoms with van der Waals surface area (Å²) in [7, 11) is 1.85. The van der Waals surface area contributed by atoms with Gasteiger partial charge in [-0.15, -0.1) is 15.3 Å². The molecule has 1 aromatic carbocycles. The van der Waals surface area contributed by atoms with Crippen LogP contribution >= 0.6 is 0 Å². The highest BCUT2D eigenvalue weighted by molar-refractivity contribution is 5.98. The molecule has 4 rings (SSSR count). The van der Waals surface area contributed by atoms with E-state index in [0.717, 1.165) is 17.1 Å². The first kappa shape index (κ1) is 13.7. The van der Waals surface area contributed by atoms with Crippen molar-refractivity contribution in [3.8, 4) is 5.75 Å². The summed E-state index contributed by atoms with van der Waals surface area (Å²) in [4.78, 5) is 4.50. The van der Waals surface area contributed by atoms with Gasteiger partial charge in [-0.3, -0.25) is 4.40 Å². The van der Waals surface area contributed by atoms with Crippen molar-refractivity contribution >= 4 is 17.5 Å². The molecule has 0 N–H and O–H groups in total. The van der Waals surface area contributed by atoms with Crippen molar-refractivity contribution in [1.82, 2.24) is 19.6 Å². The highest BCUT2D eigenvalue weighted by Crippen LogP contribution is 2.34. The minimum atomic E-state index is 0.545. The number of ether oxygens (including phenoxy) is 1. The fourth-order valence-electron chi connectivity index (χ4n) is 2.68. The van der Waals surface area contributed by atoms with Crippen LogP contribution in [0.3, 0.4) is 0 Å². The SMILES string of the molecule is Cc1ccc(C2=NN(C)c3nc4nnc(C)n4c(C)c3O2)cc1. The molecule has 1 aliphatic heterocycles. The Morgan fingerprint density at radius 3 is 2.48 bits per heavy atom. The van der Waals surface area contributed by atoms with Gasteiger partial charge in [0.05, 0.1) is 5.69 Å². The summed E-state index contributed by atoms with van der Waals surface area (Å²) in [5.41, 5.74) is 3.02. The number of nitrogens with zero attached hydrogens (tertiary/aromatic N) is 6. The molecule has 116 valence electrons. The zero-order chi connectivity index (χ0) is 16.1. The van der Waals surface area contributed by atoms with E-state index >= 15 is 0 Å². The fraction of sp³-hybridized carbons (Fsp3) is 0.250. The predicted molar refractivity (Wildman–Crippen MR) is 87.0 cm³/mol. The minimum Gasteiger partial charge on any atom is -0.431 e. The molecule has 0 amide bonds. The lowest BCUT2D eigenvalue weighted by Gasteiger charge is -2.25. The Hall–Kier alpha value is -2.96. The average molecular weight is 308 g/mol. The maximum absolute atomic E-state index is 6.06. The number of fused-ring (bicyclic) bond motifs is 2. The van der Waals surface area contributed by atoms with Crippen LogP contribution in [-0.4, -0.2) is 32.5 Å². The van der Waals surface area contributed by atoms with E-state index in [-0.39, 0.29) is 0 Å². The highest BCUT2D eigenvalue weighted by atomic mass is 16.5. The molecule has 1 aliphatic rings. The Morgan fingerprint density at radius 2 is 1.74 bits per heavy atom. The van der Waals surface area contributed by atoms with E-state index in [1.54, 1.807) is 5.01 Å². The summed E-state index contributed by atoms with van der Waals surface area (Å²) in [6.45, 7) is 5.91. The third-order valence-corrected chi connectivity index (χ3v) is 3.93. The topological polar surface area (TPSA) is 67.9 Å². The first-order chi connectivity index (χ1) is 11.0. The Labute approximate surface area is 133 Å². The number of hydrogen-bond acceptors (Lipinski definition) is 6. The van der Waals surface area contributed by atoms with Gasteiger partial charge >= 0.3 is 0 Å². The average Bonchev–Trinajstić information content (AvgIpc) is 2.90. The zero-order valence-corrected chi connectivity index (χ0v) is 13.4. The Bertz CT molecular complexity index is 941. The standard InChI is InChI=1S/C16H16N6O/c1-9-5-7-12(8-6-9)15-20-21(4)14-13(23-15)10(2)22-11(3)18-19-16(22)17-14/h5-8H,1-4H3. The number of anilines is 1. The van der Waals surface area contributed by atoms with Crippen molar-refractivity contribution in [2.75, 3.05) is 12.1 Å². The monoisotopic (exact) mass is 308 g/mol. The minimum absolute atomic E-state index is 0.545. The molecule has 0 aliphatic carbocycles. The van der Waals surface area contributed by atoms with Gasteiger partial charge in [0, 0.05) is 12.6 Å². The second-order valence-corrected chi connectivity index (χ2v) is 5.63. The lowest BCUT2D eigenvalue weighted by molar-refractivity contribution is 0.518. The molecule has 0 unspecified atom stereocenters. The van der Waals surface area contributed by atoms with Gasteiger partial charge in [0.25, 0.3) is 5.78 Å². The van der Waals surface area contributed by atoms with Crippen LogP contribution < -0.4 is 9.75 Å². The molecule has 0 atom stereocenters. The number of hydrogen-bond donors (Lipinski definition) is 0. The molecule has 2 aromatic heterocycles. The van der Waals surface area contributed by atoms with Crippen LogP contribution in [-0.2, 0) is 0 Å². The lowest BCUT2D eigenvalue weighted by Crippen LogP contribution is -2.26. The van der Waals surface area contributed by atoms with Gasteiger partial charge in [0.1, 0.15) is 5.82 Å². The van der Waals surface area contributed by atoms with E-state index in [2.05, 4.69) is 20.3 Å². The smallest absolute Gasteiger partial charge is 0.257 e. The number of hydrazone groups is 1. The van der Waals surface area contributed by atoms with Crippen LogP contribution in [0.25, 0.3) is 5.78 Å². The Kier molecular flexibility index (Phi) is 2.84. The van der Waals surface area contributed by atoms with Gasteiger partial charge in [-0.05, 0) is 32.9 Å². The van der Waals surface area contributed by atoms with Gasteiger partial charge < -0.3 is 4.74 Å². The van der Waals surface area contributed by atoms with Gasteiger partial charge in [0.15, 0.2) is 11.6 Å². The number of rotatable bonds is 1. The largest absolute Gasteiger partial charge is 0.431 e. The van der Waals surface area contributed by atoms with Crippen molar-refractivity contribution in [3.63, 3.8) is 0 Å². The van der Waals surface area contributed by atoms with Gasteiger partial charge in [-0.1, -0.05) is 17.7 Å². The van der Waals surface area contributed by atoms with Crippen LogP contribution in [0.5, 0.6) is 5.75 Å². The summed E-state index contributed by atoms with van der Waals surface area (Å²) < 4.78 is 7.94. The summed E-state index contributed by atoms with van der Waals surface area (Å²) in [5, 5.41) is 14.4. The van der Waals surface area contributed by atoms with E-state index in [9.17, 15) is 0 Å². The van der Waals surface area contributed by atoms with Crippen LogP contribution in [0.2, 0.25) is 0 Å². The Balaban J connectivity index is 1.86. The number of benzene rings is 1. The zero-order valence-electron chi connectivity index (χ0n) is 13.4. The fourth-order valence-corrected chi connectivity index (χ4v) is 2.68. The molecule has 0 saturated heterocycles. The van der Waals surface area contributed by atoms with Crippen molar-refractivity contribution in [3.05, 3.63) is 46.9 Å². The number of aryl methyl sites for hydroxylation is 3. The first-order valence-electron chi connectivity index (χ1n) is 7.34. The molecular weight excluding hydrogens is 292 g/mol. The summed E-state index contributed by atoms with van der Waals surface area (Å²) >= 11 is 0. The molecule has 23 heavy (non-hydrogen) atoms. The maximum atomic E-state index is 6.06. The lowest BCUT2D eigenvalue weighted by atomic mass is 10.1. The molecule has 0 spiro atoms. The van der Waals surface area contributed by atoms with E-state index in [1.807, 2.05) is 56.5 Å². The van der Waals surface area contributed by atoms with Crippen molar-refractivity contribution in [2.24, 2.45) is 5.10 Å². The Morgan fingerprint density at radius 1 is 1.00 bits per heavy atom. The highest BCUT2D eigenvalue weighted by Gasteiger charge is 2.26. The quantitative estimate of drug-likeness (QED) is 0.689. The van der Waals surface area contributed by atoms with Crippen molar-refractivity contribution < 1.29 is 4.74 Å². The number of aromatic nitrogens is 4. The van der Waals surface area contributed by atoms with Gasteiger partial charge in [0.2, 0.25) is 5.90 Å². The van der Waals surface area contributed by atoms with Gasteiger partial charge in [-0.2, -0.15) is 4.98 Å². The molecule has 7 nitrogen and oxygen atoms in total. The molecule has 7 heteroatoms. The summed E-state index contributed by atoms with van der Waals surface area (Å²) in [6, 6.07) is 8.07. The second kappa shape index (κ2) is 4.77. The third kappa shape index (κ3) is 2.04. The molecule has 3 heterocycles. The molecule has 0 fully saturated rings. The van der Waals surface area contributed by atoms with E-state index in [1.165, 1.54) is 5.56 Å². The second-order valence-electron chi connectivity index (χ2n) is 5.63. The van der Waals surface area contributed by atoms with Crippen molar-refractivity contribution in [2.45, 2.75) is 20.8 Å². The third-order valence-electron chi connectivity index (χ3n) is 3.93. The molecular formula is C16H16N6O. The van der Waals surface area contributed by atoms with Crippen LogP contribution in [0, 0.1) is 20.8 Å². The van der Waals surface area contributed by atoms with Crippen LogP contribution in [0.4, 0.5) is 5.82 Å². The summed E-state index contributed by atoms with van der Waals surface area (Å²) in [6.07, 6.45) is 0. The first-order valence-corrected chi connectivity index (χ1v) is 7.34.